The largest absolute Gasteiger partial charge is 0.354 e. The molecule has 0 aliphatic rings. The second kappa shape index (κ2) is 5.97. The van der Waals surface area contributed by atoms with Gasteiger partial charge in [-0.25, -0.2) is 4.68 Å². The molecule has 6 heteroatoms. The number of halogens is 1. The molecule has 0 bridgehead atoms. The minimum Gasteiger partial charge on any atom is -0.354 e. The van der Waals surface area contributed by atoms with Crippen LogP contribution in [0.15, 0.2) is 17.1 Å². The van der Waals surface area contributed by atoms with Crippen LogP contribution in [0.2, 0.25) is 0 Å². The molecule has 1 aromatic rings. The van der Waals surface area contributed by atoms with Crippen molar-refractivity contribution in [3.63, 3.8) is 0 Å². The summed E-state index contributed by atoms with van der Waals surface area (Å²) in [5.74, 6) is -0.0674. The Morgan fingerprint density at radius 1 is 1.62 bits per heavy atom. The summed E-state index contributed by atoms with van der Waals surface area (Å²) in [6.07, 6.45) is 1.87. The third kappa shape index (κ3) is 4.30. The maximum Gasteiger partial charge on any atom is 0.267 e. The highest BCUT2D eigenvalue weighted by Crippen LogP contribution is 1.96. The van der Waals surface area contributed by atoms with Crippen LogP contribution < -0.4 is 10.9 Å². The number of nitrogens with zero attached hydrogens (tertiary/aromatic N) is 2. The Morgan fingerprint density at radius 3 is 2.88 bits per heavy atom. The van der Waals surface area contributed by atoms with Crippen molar-refractivity contribution in [2.45, 2.75) is 32.9 Å². The van der Waals surface area contributed by atoms with E-state index in [0.717, 1.165) is 3.57 Å². The first kappa shape index (κ1) is 13.1. The van der Waals surface area contributed by atoms with Gasteiger partial charge in [-0.1, -0.05) is 0 Å². The maximum atomic E-state index is 11.4. The lowest BCUT2D eigenvalue weighted by Gasteiger charge is -2.08. The predicted molar refractivity (Wildman–Crippen MR) is 69.1 cm³/mol. The molecule has 16 heavy (non-hydrogen) atoms. The fourth-order valence-electron chi connectivity index (χ4n) is 1.18. The smallest absolute Gasteiger partial charge is 0.267 e. The predicted octanol–water partition coefficient (Wildman–Crippen LogP) is 0.763. The monoisotopic (exact) mass is 335 g/mol. The van der Waals surface area contributed by atoms with Crippen molar-refractivity contribution in [1.29, 1.82) is 0 Å². The lowest BCUT2D eigenvalue weighted by molar-refractivity contribution is -0.121. The van der Waals surface area contributed by atoms with Gasteiger partial charge in [0.15, 0.2) is 0 Å². The molecule has 0 saturated carbocycles. The van der Waals surface area contributed by atoms with Gasteiger partial charge in [0, 0.05) is 22.1 Å². The molecule has 0 aliphatic carbocycles. The average Bonchev–Trinajstić information content (AvgIpc) is 2.15. The molecule has 0 radical (unpaired) electrons. The highest BCUT2D eigenvalue weighted by Gasteiger charge is 2.05. The molecule has 0 saturated heterocycles. The van der Waals surface area contributed by atoms with Crippen LogP contribution in [0.4, 0.5) is 0 Å². The molecule has 0 aromatic carbocycles. The molecular weight excluding hydrogens is 321 g/mol. The van der Waals surface area contributed by atoms with E-state index in [1.165, 1.54) is 10.7 Å². The molecule has 88 valence electrons. The molecule has 0 fully saturated rings. The molecule has 1 aromatic heterocycles. The van der Waals surface area contributed by atoms with Gasteiger partial charge >= 0.3 is 0 Å². The van der Waals surface area contributed by atoms with Gasteiger partial charge in [0.05, 0.1) is 12.7 Å². The summed E-state index contributed by atoms with van der Waals surface area (Å²) >= 11 is 2.02. The third-order valence-corrected chi connectivity index (χ3v) is 2.43. The number of amides is 1. The molecule has 0 atom stereocenters. The van der Waals surface area contributed by atoms with Crippen LogP contribution in [0.1, 0.15) is 20.3 Å². The SMILES string of the molecule is CC(C)NC(=O)CCn1ncc(I)cc1=O. The van der Waals surface area contributed by atoms with E-state index in [1.54, 1.807) is 6.20 Å². The van der Waals surface area contributed by atoms with E-state index in [4.69, 9.17) is 0 Å². The lowest BCUT2D eigenvalue weighted by atomic mass is 10.3. The summed E-state index contributed by atoms with van der Waals surface area (Å²) in [5, 5.41) is 6.71. The van der Waals surface area contributed by atoms with Crippen molar-refractivity contribution < 1.29 is 4.79 Å². The van der Waals surface area contributed by atoms with Crippen LogP contribution in [-0.2, 0) is 11.3 Å². The zero-order valence-electron chi connectivity index (χ0n) is 9.24. The number of rotatable bonds is 4. The summed E-state index contributed by atoms with van der Waals surface area (Å²) < 4.78 is 2.09. The van der Waals surface area contributed by atoms with E-state index < -0.39 is 0 Å². The summed E-state index contributed by atoms with van der Waals surface area (Å²) in [4.78, 5) is 22.8. The number of carbonyl (C=O) groups is 1. The van der Waals surface area contributed by atoms with Crippen molar-refractivity contribution in [2.75, 3.05) is 0 Å². The Labute approximate surface area is 107 Å². The van der Waals surface area contributed by atoms with Crippen molar-refractivity contribution in [2.24, 2.45) is 0 Å². The summed E-state index contributed by atoms with van der Waals surface area (Å²) in [7, 11) is 0. The Bertz CT molecular complexity index is 428. The van der Waals surface area contributed by atoms with Gasteiger partial charge in [-0.15, -0.1) is 0 Å². The number of aryl methyl sites for hydroxylation is 1. The van der Waals surface area contributed by atoms with Crippen LogP contribution in [0.5, 0.6) is 0 Å². The molecule has 0 unspecified atom stereocenters. The summed E-state index contributed by atoms with van der Waals surface area (Å²) in [6.45, 7) is 4.11. The Hall–Kier alpha value is -0.920. The van der Waals surface area contributed by atoms with E-state index in [2.05, 4.69) is 10.4 Å². The van der Waals surface area contributed by atoms with Crippen molar-refractivity contribution >= 4 is 28.5 Å². The van der Waals surface area contributed by atoms with Gasteiger partial charge in [-0.2, -0.15) is 5.10 Å². The number of hydrogen-bond acceptors (Lipinski definition) is 3. The van der Waals surface area contributed by atoms with Crippen LogP contribution in [0, 0.1) is 3.57 Å². The second-order valence-corrected chi connectivity index (χ2v) is 4.95. The molecule has 1 rings (SSSR count). The molecule has 1 amide bonds. The van der Waals surface area contributed by atoms with Gasteiger partial charge in [0.25, 0.3) is 5.56 Å². The van der Waals surface area contributed by atoms with E-state index >= 15 is 0 Å². The topological polar surface area (TPSA) is 64.0 Å². The minimum atomic E-state index is -0.177. The van der Waals surface area contributed by atoms with E-state index in [0.29, 0.717) is 6.54 Å². The standard InChI is InChI=1S/C10H14IN3O2/c1-7(2)13-9(15)3-4-14-10(16)5-8(11)6-12-14/h5-7H,3-4H2,1-2H3,(H,13,15). The zero-order chi connectivity index (χ0) is 12.1. The van der Waals surface area contributed by atoms with E-state index in [9.17, 15) is 9.59 Å². The van der Waals surface area contributed by atoms with Crippen molar-refractivity contribution in [1.82, 2.24) is 15.1 Å². The molecule has 5 nitrogen and oxygen atoms in total. The first-order valence-corrected chi connectivity index (χ1v) is 6.09. The normalized spacial score (nSPS) is 10.5. The van der Waals surface area contributed by atoms with Gasteiger partial charge in [0.2, 0.25) is 5.91 Å². The van der Waals surface area contributed by atoms with Gasteiger partial charge < -0.3 is 5.32 Å². The lowest BCUT2D eigenvalue weighted by Crippen LogP contribution is -2.32. The fourth-order valence-corrected chi connectivity index (χ4v) is 1.57. The quantitative estimate of drug-likeness (QED) is 0.827. The van der Waals surface area contributed by atoms with Crippen LogP contribution in [0.3, 0.4) is 0 Å². The fraction of sp³-hybridized carbons (Fsp3) is 0.500. The third-order valence-electron chi connectivity index (χ3n) is 1.84. The van der Waals surface area contributed by atoms with Crippen LogP contribution in [-0.4, -0.2) is 21.7 Å². The Balaban J connectivity index is 2.55. The second-order valence-electron chi connectivity index (χ2n) is 3.71. The Morgan fingerprint density at radius 2 is 2.31 bits per heavy atom. The molecule has 1 heterocycles. The number of carbonyl (C=O) groups excluding carboxylic acids is 1. The van der Waals surface area contributed by atoms with Gasteiger partial charge in [0.1, 0.15) is 0 Å². The molecule has 1 N–H and O–H groups in total. The summed E-state index contributed by atoms with van der Waals surface area (Å²) in [5.41, 5.74) is -0.177. The van der Waals surface area contributed by atoms with Gasteiger partial charge in [-0.3, -0.25) is 9.59 Å². The van der Waals surface area contributed by atoms with Crippen LogP contribution in [0.25, 0.3) is 0 Å². The first-order valence-electron chi connectivity index (χ1n) is 5.01. The van der Waals surface area contributed by atoms with E-state index in [-0.39, 0.29) is 23.9 Å². The molecular formula is C10H14IN3O2. The number of hydrogen-bond donors (Lipinski definition) is 1. The Kier molecular flexibility index (Phi) is 4.91. The highest BCUT2D eigenvalue weighted by atomic mass is 127. The number of nitrogens with one attached hydrogen (secondary N) is 1. The van der Waals surface area contributed by atoms with E-state index in [1.807, 2.05) is 36.4 Å². The maximum absolute atomic E-state index is 11.4. The highest BCUT2D eigenvalue weighted by molar-refractivity contribution is 14.1. The minimum absolute atomic E-state index is 0.0674. The van der Waals surface area contributed by atoms with Crippen LogP contribution >= 0.6 is 22.6 Å². The van der Waals surface area contributed by atoms with Crippen molar-refractivity contribution in [3.05, 3.63) is 26.2 Å². The first-order chi connectivity index (χ1) is 7.49. The molecule has 0 aliphatic heterocycles. The zero-order valence-corrected chi connectivity index (χ0v) is 11.4. The average molecular weight is 335 g/mol. The van der Waals surface area contributed by atoms with Gasteiger partial charge in [-0.05, 0) is 36.4 Å². The number of aromatic nitrogens is 2. The molecule has 0 spiro atoms. The van der Waals surface area contributed by atoms with Crippen molar-refractivity contribution in [3.8, 4) is 0 Å². The summed E-state index contributed by atoms with van der Waals surface area (Å²) in [6, 6.07) is 1.61.